The maximum Gasteiger partial charge on any atom is 0.217 e. The SMILES string of the molecule is N#Cc1ccc(-n2ccnc2C#N)cc1Cl. The van der Waals surface area contributed by atoms with Crippen molar-refractivity contribution in [2.24, 2.45) is 0 Å². The fourth-order valence-corrected chi connectivity index (χ4v) is 1.56. The molecule has 0 saturated carbocycles. The molecule has 0 aliphatic rings. The highest BCUT2D eigenvalue weighted by atomic mass is 35.5. The Morgan fingerprint density at radius 1 is 1.25 bits per heavy atom. The van der Waals surface area contributed by atoms with Gasteiger partial charge in [0.25, 0.3) is 0 Å². The van der Waals surface area contributed by atoms with Crippen molar-refractivity contribution in [2.75, 3.05) is 0 Å². The van der Waals surface area contributed by atoms with E-state index in [4.69, 9.17) is 22.1 Å². The molecule has 0 N–H and O–H groups in total. The molecular weight excluding hydrogens is 224 g/mol. The minimum atomic E-state index is 0.278. The third kappa shape index (κ3) is 1.63. The number of aromatic nitrogens is 2. The van der Waals surface area contributed by atoms with Crippen LogP contribution < -0.4 is 0 Å². The zero-order valence-corrected chi connectivity index (χ0v) is 8.81. The number of benzene rings is 1. The van der Waals surface area contributed by atoms with Crippen LogP contribution in [0.1, 0.15) is 11.4 Å². The van der Waals surface area contributed by atoms with Crippen molar-refractivity contribution in [3.05, 3.63) is 47.0 Å². The van der Waals surface area contributed by atoms with Crippen LogP contribution in [0.5, 0.6) is 0 Å². The number of nitriles is 2. The predicted molar refractivity (Wildman–Crippen MR) is 58.0 cm³/mol. The average molecular weight is 229 g/mol. The van der Waals surface area contributed by atoms with Crippen molar-refractivity contribution >= 4 is 11.6 Å². The highest BCUT2D eigenvalue weighted by molar-refractivity contribution is 6.31. The second-order valence-corrected chi connectivity index (χ2v) is 3.42. The first kappa shape index (κ1) is 10.2. The molecule has 0 saturated heterocycles. The highest BCUT2D eigenvalue weighted by Crippen LogP contribution is 2.20. The molecule has 1 aromatic heterocycles. The Morgan fingerprint density at radius 3 is 2.69 bits per heavy atom. The second-order valence-electron chi connectivity index (χ2n) is 3.01. The number of imidazole rings is 1. The summed E-state index contributed by atoms with van der Waals surface area (Å²) in [4.78, 5) is 3.88. The number of halogens is 1. The summed E-state index contributed by atoms with van der Waals surface area (Å²) in [6.45, 7) is 0. The molecule has 1 heterocycles. The molecule has 0 amide bonds. The summed E-state index contributed by atoms with van der Waals surface area (Å²) in [7, 11) is 0. The summed E-state index contributed by atoms with van der Waals surface area (Å²) in [6, 6.07) is 8.89. The molecule has 16 heavy (non-hydrogen) atoms. The lowest BCUT2D eigenvalue weighted by Crippen LogP contribution is -1.96. The molecule has 0 aliphatic heterocycles. The van der Waals surface area contributed by atoms with Crippen LogP contribution in [0.3, 0.4) is 0 Å². The average Bonchev–Trinajstić information content (AvgIpc) is 2.77. The van der Waals surface area contributed by atoms with E-state index in [0.29, 0.717) is 16.3 Å². The number of rotatable bonds is 1. The molecule has 0 atom stereocenters. The first-order valence-electron chi connectivity index (χ1n) is 4.39. The molecule has 0 radical (unpaired) electrons. The predicted octanol–water partition coefficient (Wildman–Crippen LogP) is 2.27. The number of nitrogens with zero attached hydrogens (tertiary/aromatic N) is 4. The van der Waals surface area contributed by atoms with Gasteiger partial charge in [-0.05, 0) is 18.2 Å². The topological polar surface area (TPSA) is 65.4 Å². The van der Waals surface area contributed by atoms with Crippen LogP contribution in [-0.2, 0) is 0 Å². The van der Waals surface area contributed by atoms with Crippen molar-refractivity contribution in [3.8, 4) is 17.8 Å². The Hall–Kier alpha value is -2.30. The van der Waals surface area contributed by atoms with Gasteiger partial charge in [-0.15, -0.1) is 0 Å². The van der Waals surface area contributed by atoms with Gasteiger partial charge in [0.1, 0.15) is 12.1 Å². The highest BCUT2D eigenvalue weighted by Gasteiger charge is 2.06. The van der Waals surface area contributed by atoms with E-state index in [9.17, 15) is 0 Å². The maximum absolute atomic E-state index is 8.82. The molecule has 0 aliphatic carbocycles. The maximum atomic E-state index is 8.82. The van der Waals surface area contributed by atoms with Gasteiger partial charge in [-0.1, -0.05) is 11.6 Å². The lowest BCUT2D eigenvalue weighted by Gasteiger charge is -2.04. The van der Waals surface area contributed by atoms with E-state index in [1.54, 1.807) is 29.0 Å². The zero-order chi connectivity index (χ0) is 11.5. The second kappa shape index (κ2) is 4.06. The Morgan fingerprint density at radius 2 is 2.06 bits per heavy atom. The molecule has 0 fully saturated rings. The van der Waals surface area contributed by atoms with Crippen LogP contribution in [0.4, 0.5) is 0 Å². The Labute approximate surface area is 96.9 Å². The van der Waals surface area contributed by atoms with Crippen LogP contribution in [0, 0.1) is 22.7 Å². The van der Waals surface area contributed by atoms with Crippen LogP contribution in [0.25, 0.3) is 5.69 Å². The third-order valence-electron chi connectivity index (χ3n) is 2.09. The molecular formula is C11H5ClN4. The van der Waals surface area contributed by atoms with Gasteiger partial charge in [-0.3, -0.25) is 4.57 Å². The monoisotopic (exact) mass is 228 g/mol. The quantitative estimate of drug-likeness (QED) is 0.752. The summed E-state index contributed by atoms with van der Waals surface area (Å²) in [5.74, 6) is 0.278. The summed E-state index contributed by atoms with van der Waals surface area (Å²) < 4.78 is 1.60. The van der Waals surface area contributed by atoms with E-state index < -0.39 is 0 Å². The van der Waals surface area contributed by atoms with Gasteiger partial charge < -0.3 is 0 Å². The lowest BCUT2D eigenvalue weighted by molar-refractivity contribution is 1.02. The number of hydrogen-bond donors (Lipinski definition) is 0. The molecule has 1 aromatic carbocycles. The largest absolute Gasteiger partial charge is 0.291 e. The van der Waals surface area contributed by atoms with Gasteiger partial charge in [0.2, 0.25) is 5.82 Å². The van der Waals surface area contributed by atoms with Crippen LogP contribution >= 0.6 is 11.6 Å². The molecule has 2 aromatic rings. The summed E-state index contributed by atoms with van der Waals surface area (Å²) in [5.41, 5.74) is 1.11. The van der Waals surface area contributed by atoms with E-state index in [-0.39, 0.29) is 5.82 Å². The van der Waals surface area contributed by atoms with Gasteiger partial charge in [-0.25, -0.2) is 4.98 Å². The standard InChI is InChI=1S/C11H5ClN4/c12-10-5-9(2-1-8(10)6-13)16-4-3-15-11(16)7-14/h1-5H. The summed E-state index contributed by atoms with van der Waals surface area (Å²) in [5, 5.41) is 17.9. The van der Waals surface area contributed by atoms with Crippen LogP contribution in [0.2, 0.25) is 5.02 Å². The van der Waals surface area contributed by atoms with Crippen molar-refractivity contribution in [1.29, 1.82) is 10.5 Å². The van der Waals surface area contributed by atoms with Crippen molar-refractivity contribution in [2.45, 2.75) is 0 Å². The van der Waals surface area contributed by atoms with Crippen LogP contribution in [-0.4, -0.2) is 9.55 Å². The number of hydrogen-bond acceptors (Lipinski definition) is 3. The molecule has 76 valence electrons. The molecule has 2 rings (SSSR count). The fourth-order valence-electron chi connectivity index (χ4n) is 1.34. The first-order valence-corrected chi connectivity index (χ1v) is 4.77. The zero-order valence-electron chi connectivity index (χ0n) is 8.05. The van der Waals surface area contributed by atoms with Gasteiger partial charge in [-0.2, -0.15) is 10.5 Å². The Kier molecular flexibility index (Phi) is 2.59. The van der Waals surface area contributed by atoms with E-state index in [1.807, 2.05) is 12.1 Å². The third-order valence-corrected chi connectivity index (χ3v) is 2.40. The normalized spacial score (nSPS) is 9.44. The van der Waals surface area contributed by atoms with Gasteiger partial charge >= 0.3 is 0 Å². The van der Waals surface area contributed by atoms with Gasteiger partial charge in [0.05, 0.1) is 10.6 Å². The van der Waals surface area contributed by atoms with Gasteiger partial charge in [0.15, 0.2) is 0 Å². The minimum Gasteiger partial charge on any atom is -0.291 e. The molecule has 0 bridgehead atoms. The summed E-state index contributed by atoms with van der Waals surface area (Å²) in [6.07, 6.45) is 3.20. The smallest absolute Gasteiger partial charge is 0.217 e. The molecule has 0 unspecified atom stereocenters. The van der Waals surface area contributed by atoms with Crippen LogP contribution in [0.15, 0.2) is 30.6 Å². The lowest BCUT2D eigenvalue weighted by atomic mass is 10.2. The molecule has 0 spiro atoms. The first-order chi connectivity index (χ1) is 7.76. The van der Waals surface area contributed by atoms with E-state index >= 15 is 0 Å². The van der Waals surface area contributed by atoms with Crippen molar-refractivity contribution < 1.29 is 0 Å². The van der Waals surface area contributed by atoms with E-state index in [0.717, 1.165) is 0 Å². The van der Waals surface area contributed by atoms with Gasteiger partial charge in [0, 0.05) is 18.1 Å². The Bertz CT molecular complexity index is 616. The van der Waals surface area contributed by atoms with E-state index in [1.165, 1.54) is 6.20 Å². The van der Waals surface area contributed by atoms with Crippen molar-refractivity contribution in [3.63, 3.8) is 0 Å². The molecule has 4 nitrogen and oxygen atoms in total. The minimum absolute atomic E-state index is 0.278. The summed E-state index contributed by atoms with van der Waals surface area (Å²) >= 11 is 5.90. The Balaban J connectivity index is 2.56. The molecule has 5 heteroatoms. The van der Waals surface area contributed by atoms with Crippen molar-refractivity contribution in [1.82, 2.24) is 9.55 Å². The fraction of sp³-hybridized carbons (Fsp3) is 0. The van der Waals surface area contributed by atoms with E-state index in [2.05, 4.69) is 4.98 Å².